The number of hydrogen-bond acceptors (Lipinski definition) is 6. The maximum Gasteiger partial charge on any atom is 0.253 e. The second-order valence-electron chi connectivity index (χ2n) is 8.67. The van der Waals surface area contributed by atoms with E-state index in [1.807, 2.05) is 51.9 Å². The molecule has 0 spiro atoms. The van der Waals surface area contributed by atoms with E-state index in [1.54, 1.807) is 18.0 Å². The van der Waals surface area contributed by atoms with Gasteiger partial charge in [0.05, 0.1) is 12.0 Å². The summed E-state index contributed by atoms with van der Waals surface area (Å²) in [7, 11) is 0. The summed E-state index contributed by atoms with van der Waals surface area (Å²) in [6.07, 6.45) is 1.64. The number of furan rings is 1. The summed E-state index contributed by atoms with van der Waals surface area (Å²) in [5.41, 5.74) is 3.96. The van der Waals surface area contributed by atoms with Gasteiger partial charge in [-0.2, -0.15) is 0 Å². The molecule has 0 bridgehead atoms. The number of likely N-dealkylation sites (N-methyl/N-ethyl adjacent to an activating group) is 1. The molecule has 0 saturated carbocycles. The zero-order chi connectivity index (χ0) is 24.2. The van der Waals surface area contributed by atoms with Crippen molar-refractivity contribution in [3.05, 3.63) is 83.6 Å². The van der Waals surface area contributed by atoms with Crippen LogP contribution in [0, 0.1) is 6.92 Å². The van der Waals surface area contributed by atoms with Crippen molar-refractivity contribution < 1.29 is 9.21 Å². The number of nitrogens with zero attached hydrogens (tertiary/aromatic N) is 5. The lowest BCUT2D eigenvalue weighted by Gasteiger charge is -2.34. The Bertz CT molecular complexity index is 1290. The fourth-order valence-corrected chi connectivity index (χ4v) is 5.22. The van der Waals surface area contributed by atoms with Crippen molar-refractivity contribution in [2.24, 2.45) is 0 Å². The Hall–Kier alpha value is -3.36. The van der Waals surface area contributed by atoms with Crippen molar-refractivity contribution in [3.8, 4) is 17.3 Å². The lowest BCUT2D eigenvalue weighted by atomic mass is 10.1. The van der Waals surface area contributed by atoms with Crippen LogP contribution in [0.5, 0.6) is 0 Å². The van der Waals surface area contributed by atoms with Gasteiger partial charge in [-0.25, -0.2) is 0 Å². The molecule has 180 valence electrons. The highest BCUT2D eigenvalue weighted by Gasteiger charge is 2.22. The monoisotopic (exact) mass is 487 g/mol. The van der Waals surface area contributed by atoms with Crippen molar-refractivity contribution >= 4 is 17.7 Å². The number of rotatable bonds is 7. The quantitative estimate of drug-likeness (QED) is 0.345. The van der Waals surface area contributed by atoms with Crippen LogP contribution in [0.1, 0.15) is 28.4 Å². The zero-order valence-electron chi connectivity index (χ0n) is 20.1. The number of thioether (sulfide) groups is 1. The van der Waals surface area contributed by atoms with Crippen LogP contribution in [0.3, 0.4) is 0 Å². The van der Waals surface area contributed by atoms with Gasteiger partial charge in [-0.05, 0) is 61.0 Å². The average molecular weight is 488 g/mol. The highest BCUT2D eigenvalue weighted by Crippen LogP contribution is 2.30. The maximum absolute atomic E-state index is 13.1. The van der Waals surface area contributed by atoms with Gasteiger partial charge in [0.2, 0.25) is 5.82 Å². The van der Waals surface area contributed by atoms with E-state index in [2.05, 4.69) is 47.1 Å². The minimum Gasteiger partial charge on any atom is -0.461 e. The lowest BCUT2D eigenvalue weighted by Crippen LogP contribution is -2.48. The van der Waals surface area contributed by atoms with Gasteiger partial charge in [0.25, 0.3) is 5.91 Å². The molecule has 1 fully saturated rings. The van der Waals surface area contributed by atoms with Crippen LogP contribution in [-0.2, 0) is 5.75 Å². The number of carbonyl (C=O) groups excluding carboxylic acids is 1. The molecule has 0 aliphatic carbocycles. The van der Waals surface area contributed by atoms with E-state index in [4.69, 9.17) is 4.42 Å². The summed E-state index contributed by atoms with van der Waals surface area (Å²) in [6.45, 7) is 8.69. The molecular formula is C27H29N5O2S. The molecule has 3 heterocycles. The third-order valence-electron chi connectivity index (χ3n) is 6.28. The van der Waals surface area contributed by atoms with Crippen molar-refractivity contribution in [1.82, 2.24) is 24.6 Å². The van der Waals surface area contributed by atoms with Gasteiger partial charge in [0.1, 0.15) is 0 Å². The fraction of sp³-hybridized carbons (Fsp3) is 0.296. The maximum atomic E-state index is 13.1. The number of piperazine rings is 1. The van der Waals surface area contributed by atoms with E-state index >= 15 is 0 Å². The molecule has 2 aromatic heterocycles. The van der Waals surface area contributed by atoms with E-state index in [0.29, 0.717) is 17.3 Å². The van der Waals surface area contributed by atoms with Crippen molar-refractivity contribution in [3.63, 3.8) is 0 Å². The molecule has 35 heavy (non-hydrogen) atoms. The molecule has 2 aromatic carbocycles. The van der Waals surface area contributed by atoms with Gasteiger partial charge in [-0.1, -0.05) is 43.0 Å². The second kappa shape index (κ2) is 10.5. The number of aromatic nitrogens is 3. The SMILES string of the molecule is CCN1CCN(C(=O)c2cccc(CSc3nnc(-c4ccco4)n3-c3cccc(C)c3)c2)CC1. The molecule has 8 heteroatoms. The first-order chi connectivity index (χ1) is 17.1. The highest BCUT2D eigenvalue weighted by atomic mass is 32.2. The summed E-state index contributed by atoms with van der Waals surface area (Å²) in [5, 5.41) is 9.68. The van der Waals surface area contributed by atoms with E-state index in [9.17, 15) is 4.79 Å². The Morgan fingerprint density at radius 2 is 1.83 bits per heavy atom. The van der Waals surface area contributed by atoms with Crippen LogP contribution in [0.4, 0.5) is 0 Å². The van der Waals surface area contributed by atoms with Gasteiger partial charge in [0.15, 0.2) is 10.9 Å². The summed E-state index contributed by atoms with van der Waals surface area (Å²) >= 11 is 1.59. The van der Waals surface area contributed by atoms with E-state index in [0.717, 1.165) is 60.3 Å². The van der Waals surface area contributed by atoms with Gasteiger partial charge in [0, 0.05) is 37.5 Å². The Balaban J connectivity index is 1.35. The van der Waals surface area contributed by atoms with Crippen LogP contribution in [-0.4, -0.2) is 63.2 Å². The van der Waals surface area contributed by atoms with E-state index in [-0.39, 0.29) is 5.91 Å². The smallest absolute Gasteiger partial charge is 0.253 e. The first-order valence-electron chi connectivity index (χ1n) is 11.9. The minimum atomic E-state index is 0.107. The van der Waals surface area contributed by atoms with Crippen molar-refractivity contribution in [2.45, 2.75) is 24.8 Å². The van der Waals surface area contributed by atoms with Crippen LogP contribution in [0.25, 0.3) is 17.3 Å². The minimum absolute atomic E-state index is 0.107. The molecule has 1 aliphatic rings. The first kappa shape index (κ1) is 23.4. The first-order valence-corrected chi connectivity index (χ1v) is 12.9. The van der Waals surface area contributed by atoms with Crippen LogP contribution in [0.15, 0.2) is 76.5 Å². The molecular weight excluding hydrogens is 458 g/mol. The van der Waals surface area contributed by atoms with Gasteiger partial charge in [-0.3, -0.25) is 9.36 Å². The van der Waals surface area contributed by atoms with Crippen LogP contribution in [0.2, 0.25) is 0 Å². The molecule has 0 N–H and O–H groups in total. The van der Waals surface area contributed by atoms with Crippen LogP contribution < -0.4 is 0 Å². The van der Waals surface area contributed by atoms with Gasteiger partial charge < -0.3 is 14.2 Å². The van der Waals surface area contributed by atoms with Gasteiger partial charge in [-0.15, -0.1) is 10.2 Å². The molecule has 0 atom stereocenters. The van der Waals surface area contributed by atoms with Crippen molar-refractivity contribution in [2.75, 3.05) is 32.7 Å². The lowest BCUT2D eigenvalue weighted by molar-refractivity contribution is 0.0643. The molecule has 5 rings (SSSR count). The molecule has 1 saturated heterocycles. The Labute approximate surface area is 209 Å². The topological polar surface area (TPSA) is 67.4 Å². The number of hydrogen-bond donors (Lipinski definition) is 0. The highest BCUT2D eigenvalue weighted by molar-refractivity contribution is 7.98. The van der Waals surface area contributed by atoms with Crippen LogP contribution >= 0.6 is 11.8 Å². The molecule has 0 unspecified atom stereocenters. The van der Waals surface area contributed by atoms with E-state index in [1.165, 1.54) is 0 Å². The average Bonchev–Trinajstić information content (AvgIpc) is 3.57. The Kier molecular flexibility index (Phi) is 7.01. The fourth-order valence-electron chi connectivity index (χ4n) is 4.32. The summed E-state index contributed by atoms with van der Waals surface area (Å²) < 4.78 is 7.65. The normalized spacial score (nSPS) is 14.4. The number of benzene rings is 2. The Morgan fingerprint density at radius 3 is 2.57 bits per heavy atom. The number of carbonyl (C=O) groups is 1. The predicted molar refractivity (Wildman–Crippen MR) is 138 cm³/mol. The summed E-state index contributed by atoms with van der Waals surface area (Å²) in [6, 6.07) is 19.9. The van der Waals surface area contributed by atoms with E-state index < -0.39 is 0 Å². The molecule has 1 amide bonds. The third kappa shape index (κ3) is 5.18. The van der Waals surface area contributed by atoms with Crippen molar-refractivity contribution in [1.29, 1.82) is 0 Å². The largest absolute Gasteiger partial charge is 0.461 e. The predicted octanol–water partition coefficient (Wildman–Crippen LogP) is 4.91. The second-order valence-corrected chi connectivity index (χ2v) is 9.62. The molecule has 7 nitrogen and oxygen atoms in total. The zero-order valence-corrected chi connectivity index (χ0v) is 20.9. The number of aryl methyl sites for hydroxylation is 1. The molecule has 1 aliphatic heterocycles. The summed E-state index contributed by atoms with van der Waals surface area (Å²) in [4.78, 5) is 17.4. The molecule has 4 aromatic rings. The van der Waals surface area contributed by atoms with Gasteiger partial charge >= 0.3 is 0 Å². The summed E-state index contributed by atoms with van der Waals surface area (Å²) in [5.74, 6) is 2.11. The standard InChI is InChI=1S/C27H29N5O2S/c1-3-30-12-14-31(15-13-30)26(33)22-9-5-8-21(18-22)19-35-27-29-28-25(24-11-6-16-34-24)32(27)23-10-4-7-20(2)17-23/h4-11,16-18H,3,12-15,19H2,1-2H3. The Morgan fingerprint density at radius 1 is 1.00 bits per heavy atom. The third-order valence-corrected chi connectivity index (χ3v) is 7.28. The number of amides is 1. The molecule has 0 radical (unpaired) electrons.